The molecule has 2 aromatic rings. The molecule has 9 heteroatoms. The number of hydrogen-bond acceptors (Lipinski definition) is 5. The van der Waals surface area contributed by atoms with Gasteiger partial charge in [-0.05, 0) is 47.5 Å². The van der Waals surface area contributed by atoms with Gasteiger partial charge in [0.05, 0.1) is 6.21 Å². The Bertz CT molecular complexity index is 835. The molecule has 0 aliphatic carbocycles. The lowest BCUT2D eigenvalue weighted by atomic mass is 10.2. The first-order valence-electron chi connectivity index (χ1n) is 7.81. The largest absolute Gasteiger partial charge is 0.484 e. The van der Waals surface area contributed by atoms with Crippen molar-refractivity contribution in [2.75, 3.05) is 6.61 Å². The minimum atomic E-state index is -0.887. The SMILES string of the molecule is NC(=O)COc1ccc(/C=N/NC(=O)C(=O)NCc2ccc(Cl)cc2)cc1. The molecule has 8 nitrogen and oxygen atoms in total. The lowest BCUT2D eigenvalue weighted by Gasteiger charge is -2.04. The average molecular weight is 389 g/mol. The molecule has 4 N–H and O–H groups in total. The number of halogens is 1. The summed E-state index contributed by atoms with van der Waals surface area (Å²) in [4.78, 5) is 34.0. The standard InChI is InChI=1S/C18H17ClN4O4/c19-14-5-1-12(2-6-14)9-21-17(25)18(26)23-22-10-13-3-7-15(8-4-13)27-11-16(20)24/h1-8,10H,9,11H2,(H2,20,24)(H,21,25)(H,23,26)/b22-10+. The second-order valence-corrected chi connectivity index (χ2v) is 5.77. The minimum absolute atomic E-state index is 0.194. The zero-order valence-corrected chi connectivity index (χ0v) is 14.9. The molecule has 0 heterocycles. The maximum absolute atomic E-state index is 11.7. The van der Waals surface area contributed by atoms with Crippen molar-refractivity contribution in [3.05, 3.63) is 64.7 Å². The Morgan fingerprint density at radius 1 is 1.04 bits per heavy atom. The van der Waals surface area contributed by atoms with Crippen LogP contribution in [0.1, 0.15) is 11.1 Å². The first kappa shape index (κ1) is 19.9. The van der Waals surface area contributed by atoms with Crippen LogP contribution in [0.2, 0.25) is 5.02 Å². The molecule has 0 aliphatic heterocycles. The highest BCUT2D eigenvalue weighted by Crippen LogP contribution is 2.11. The van der Waals surface area contributed by atoms with Crippen LogP contribution in [0.3, 0.4) is 0 Å². The molecule has 0 saturated heterocycles. The molecule has 3 amide bonds. The maximum atomic E-state index is 11.7. The lowest BCUT2D eigenvalue weighted by Crippen LogP contribution is -2.37. The van der Waals surface area contributed by atoms with Crippen LogP contribution in [0.25, 0.3) is 0 Å². The van der Waals surface area contributed by atoms with Gasteiger partial charge in [-0.25, -0.2) is 5.43 Å². The van der Waals surface area contributed by atoms with Gasteiger partial charge in [0.1, 0.15) is 5.75 Å². The molecule has 0 unspecified atom stereocenters. The van der Waals surface area contributed by atoms with Crippen LogP contribution < -0.4 is 21.2 Å². The van der Waals surface area contributed by atoms with Crippen molar-refractivity contribution in [3.63, 3.8) is 0 Å². The van der Waals surface area contributed by atoms with E-state index in [-0.39, 0.29) is 13.2 Å². The zero-order chi connectivity index (χ0) is 19.6. The number of carbonyl (C=O) groups is 3. The Balaban J connectivity index is 1.77. The van der Waals surface area contributed by atoms with E-state index in [4.69, 9.17) is 22.1 Å². The zero-order valence-electron chi connectivity index (χ0n) is 14.1. The van der Waals surface area contributed by atoms with Crippen molar-refractivity contribution >= 4 is 35.5 Å². The predicted octanol–water partition coefficient (Wildman–Crippen LogP) is 0.971. The second kappa shape index (κ2) is 9.93. The Kier molecular flexibility index (Phi) is 7.33. The Morgan fingerprint density at radius 3 is 2.33 bits per heavy atom. The van der Waals surface area contributed by atoms with Gasteiger partial charge in [-0.1, -0.05) is 23.7 Å². The third-order valence-corrected chi connectivity index (χ3v) is 3.47. The van der Waals surface area contributed by atoms with Gasteiger partial charge >= 0.3 is 11.8 Å². The number of hydrazone groups is 1. The van der Waals surface area contributed by atoms with Gasteiger partial charge in [-0.3, -0.25) is 14.4 Å². The molecular weight excluding hydrogens is 372 g/mol. The van der Waals surface area contributed by atoms with E-state index in [0.29, 0.717) is 16.3 Å². The van der Waals surface area contributed by atoms with Crippen LogP contribution in [0.5, 0.6) is 5.75 Å². The van der Waals surface area contributed by atoms with E-state index in [1.54, 1.807) is 48.5 Å². The average Bonchev–Trinajstić information content (AvgIpc) is 2.66. The number of nitrogens with one attached hydrogen (secondary N) is 2. The van der Waals surface area contributed by atoms with E-state index in [0.717, 1.165) is 5.56 Å². The molecular formula is C18H17ClN4O4. The number of benzene rings is 2. The summed E-state index contributed by atoms with van der Waals surface area (Å²) >= 11 is 5.78. The van der Waals surface area contributed by atoms with E-state index in [9.17, 15) is 14.4 Å². The van der Waals surface area contributed by atoms with Gasteiger partial charge < -0.3 is 15.8 Å². The molecule has 0 atom stereocenters. The van der Waals surface area contributed by atoms with E-state index in [1.807, 2.05) is 0 Å². The van der Waals surface area contributed by atoms with Gasteiger partial charge in [0.15, 0.2) is 6.61 Å². The van der Waals surface area contributed by atoms with Crippen LogP contribution >= 0.6 is 11.6 Å². The Hall–Kier alpha value is -3.39. The molecule has 2 rings (SSSR count). The number of amides is 3. The van der Waals surface area contributed by atoms with Crippen molar-refractivity contribution in [1.29, 1.82) is 0 Å². The van der Waals surface area contributed by atoms with Crippen LogP contribution in [-0.2, 0) is 20.9 Å². The molecule has 0 saturated carbocycles. The highest BCUT2D eigenvalue weighted by molar-refractivity contribution is 6.35. The molecule has 0 aromatic heterocycles. The number of primary amides is 1. The molecule has 140 valence electrons. The maximum Gasteiger partial charge on any atom is 0.329 e. The van der Waals surface area contributed by atoms with Gasteiger partial charge in [-0.15, -0.1) is 0 Å². The van der Waals surface area contributed by atoms with Crippen LogP contribution in [-0.4, -0.2) is 30.5 Å². The Morgan fingerprint density at radius 2 is 1.70 bits per heavy atom. The molecule has 0 spiro atoms. The summed E-state index contributed by atoms with van der Waals surface area (Å²) in [5.74, 6) is -1.80. The number of rotatable bonds is 7. The number of ether oxygens (including phenoxy) is 1. The smallest absolute Gasteiger partial charge is 0.329 e. The van der Waals surface area contributed by atoms with Crippen LogP contribution in [0.15, 0.2) is 53.6 Å². The van der Waals surface area contributed by atoms with Gasteiger partial charge in [0.2, 0.25) is 0 Å². The molecule has 2 aromatic carbocycles. The fraction of sp³-hybridized carbons (Fsp3) is 0.111. The highest BCUT2D eigenvalue weighted by Gasteiger charge is 2.11. The predicted molar refractivity (Wildman–Crippen MR) is 100 cm³/mol. The third kappa shape index (κ3) is 7.17. The lowest BCUT2D eigenvalue weighted by molar-refractivity contribution is -0.139. The second-order valence-electron chi connectivity index (χ2n) is 5.33. The van der Waals surface area contributed by atoms with Gasteiger partial charge in [0.25, 0.3) is 5.91 Å². The van der Waals surface area contributed by atoms with Crippen molar-refractivity contribution in [1.82, 2.24) is 10.7 Å². The summed E-state index contributed by atoms with van der Waals surface area (Å²) in [5.41, 5.74) is 8.59. The molecule has 0 fully saturated rings. The first-order valence-corrected chi connectivity index (χ1v) is 8.18. The highest BCUT2D eigenvalue weighted by atomic mass is 35.5. The topological polar surface area (TPSA) is 123 Å². The molecule has 0 bridgehead atoms. The van der Waals surface area contributed by atoms with E-state index in [2.05, 4.69) is 15.8 Å². The van der Waals surface area contributed by atoms with Crippen molar-refractivity contribution in [2.24, 2.45) is 10.8 Å². The fourth-order valence-corrected chi connectivity index (χ4v) is 2.01. The summed E-state index contributed by atoms with van der Waals surface area (Å²) in [5, 5.41) is 6.78. The van der Waals surface area contributed by atoms with Crippen molar-refractivity contribution in [3.8, 4) is 5.75 Å². The third-order valence-electron chi connectivity index (χ3n) is 3.21. The molecule has 27 heavy (non-hydrogen) atoms. The van der Waals surface area contributed by atoms with Gasteiger partial charge in [-0.2, -0.15) is 5.10 Å². The van der Waals surface area contributed by atoms with Gasteiger partial charge in [0, 0.05) is 11.6 Å². The van der Waals surface area contributed by atoms with Crippen molar-refractivity contribution < 1.29 is 19.1 Å². The fourth-order valence-electron chi connectivity index (χ4n) is 1.89. The quantitative estimate of drug-likeness (QED) is 0.371. The monoisotopic (exact) mass is 388 g/mol. The summed E-state index contributed by atoms with van der Waals surface area (Å²) in [6.45, 7) is -0.0193. The van der Waals surface area contributed by atoms with E-state index >= 15 is 0 Å². The summed E-state index contributed by atoms with van der Waals surface area (Å²) < 4.78 is 5.12. The summed E-state index contributed by atoms with van der Waals surface area (Å²) in [7, 11) is 0. The minimum Gasteiger partial charge on any atom is -0.484 e. The number of hydrogen-bond donors (Lipinski definition) is 3. The first-order chi connectivity index (χ1) is 12.9. The van der Waals surface area contributed by atoms with Crippen LogP contribution in [0.4, 0.5) is 0 Å². The molecule has 0 radical (unpaired) electrons. The number of nitrogens with two attached hydrogens (primary N) is 1. The van der Waals surface area contributed by atoms with E-state index < -0.39 is 17.7 Å². The van der Waals surface area contributed by atoms with E-state index in [1.165, 1.54) is 6.21 Å². The summed E-state index contributed by atoms with van der Waals surface area (Å²) in [6, 6.07) is 13.4. The summed E-state index contributed by atoms with van der Waals surface area (Å²) in [6.07, 6.45) is 1.36. The number of nitrogens with zero attached hydrogens (tertiary/aromatic N) is 1. The van der Waals surface area contributed by atoms with Crippen molar-refractivity contribution in [2.45, 2.75) is 6.54 Å². The number of carbonyl (C=O) groups excluding carboxylic acids is 3. The Labute approximate surface area is 160 Å². The van der Waals surface area contributed by atoms with Crippen LogP contribution in [0, 0.1) is 0 Å². The normalized spacial score (nSPS) is 10.4. The molecule has 0 aliphatic rings.